The van der Waals surface area contributed by atoms with E-state index >= 15 is 0 Å². The molecule has 4 nitrogen and oxygen atoms in total. The van der Waals surface area contributed by atoms with Crippen LogP contribution in [0.25, 0.3) is 0 Å². The van der Waals surface area contributed by atoms with E-state index in [1.54, 1.807) is 36.4 Å². The van der Waals surface area contributed by atoms with Crippen molar-refractivity contribution in [1.82, 2.24) is 0 Å². The summed E-state index contributed by atoms with van der Waals surface area (Å²) < 4.78 is 5.61. The number of nitrogens with two attached hydrogens (primary N) is 1. The summed E-state index contributed by atoms with van der Waals surface area (Å²) in [6.45, 7) is 0. The molecular formula is C14H11Cl2NO3. The Kier molecular flexibility index (Phi) is 4.37. The average molecular weight is 312 g/mol. The number of para-hydroxylation sites is 1. The lowest BCUT2D eigenvalue weighted by Gasteiger charge is -2.12. The SMILES string of the molecule is Nc1c(CC(=O)O)cccc1Oc1cccc(Cl)c1Cl. The fourth-order valence-electron chi connectivity index (χ4n) is 1.68. The standard InChI is InChI=1S/C14H11Cl2NO3/c15-9-4-2-5-10(13(9)16)20-11-6-1-3-8(14(11)17)7-12(18)19/h1-6H,7,17H2,(H,18,19). The fourth-order valence-corrected chi connectivity index (χ4v) is 2.01. The first-order valence-corrected chi connectivity index (χ1v) is 6.45. The summed E-state index contributed by atoms with van der Waals surface area (Å²) in [4.78, 5) is 10.8. The van der Waals surface area contributed by atoms with E-state index in [1.165, 1.54) is 0 Å². The number of carbonyl (C=O) groups is 1. The summed E-state index contributed by atoms with van der Waals surface area (Å²) in [6, 6.07) is 9.93. The summed E-state index contributed by atoms with van der Waals surface area (Å²) in [5.41, 5.74) is 6.65. The highest BCUT2D eigenvalue weighted by Crippen LogP contribution is 2.37. The Bertz CT molecular complexity index is 659. The van der Waals surface area contributed by atoms with E-state index in [2.05, 4.69) is 0 Å². The Morgan fingerprint density at radius 3 is 2.50 bits per heavy atom. The molecule has 0 amide bonds. The molecule has 0 fully saturated rings. The lowest BCUT2D eigenvalue weighted by Crippen LogP contribution is -2.04. The van der Waals surface area contributed by atoms with Gasteiger partial charge in [0.1, 0.15) is 10.8 Å². The van der Waals surface area contributed by atoms with Gasteiger partial charge in [0.25, 0.3) is 0 Å². The molecule has 0 saturated carbocycles. The highest BCUT2D eigenvalue weighted by atomic mass is 35.5. The second-order valence-electron chi connectivity index (χ2n) is 4.05. The maximum Gasteiger partial charge on any atom is 0.307 e. The minimum atomic E-state index is -0.963. The third-order valence-corrected chi connectivity index (χ3v) is 3.44. The van der Waals surface area contributed by atoms with E-state index in [0.29, 0.717) is 22.1 Å². The normalized spacial score (nSPS) is 10.3. The molecule has 104 valence electrons. The van der Waals surface area contributed by atoms with E-state index < -0.39 is 5.97 Å². The van der Waals surface area contributed by atoms with Crippen LogP contribution in [0.1, 0.15) is 5.56 Å². The molecule has 2 rings (SSSR count). The first-order chi connectivity index (χ1) is 9.49. The van der Waals surface area contributed by atoms with Gasteiger partial charge in [0.2, 0.25) is 0 Å². The Balaban J connectivity index is 2.34. The van der Waals surface area contributed by atoms with Crippen molar-refractivity contribution in [2.24, 2.45) is 0 Å². The van der Waals surface area contributed by atoms with Gasteiger partial charge in [-0.1, -0.05) is 41.4 Å². The van der Waals surface area contributed by atoms with Gasteiger partial charge >= 0.3 is 5.97 Å². The van der Waals surface area contributed by atoms with Crippen LogP contribution in [0, 0.1) is 0 Å². The van der Waals surface area contributed by atoms with Crippen molar-refractivity contribution in [3.8, 4) is 11.5 Å². The van der Waals surface area contributed by atoms with Crippen LogP contribution in [0.3, 0.4) is 0 Å². The van der Waals surface area contributed by atoms with Gasteiger partial charge in [0.15, 0.2) is 5.75 Å². The zero-order valence-corrected chi connectivity index (χ0v) is 11.8. The van der Waals surface area contributed by atoms with Gasteiger partial charge < -0.3 is 15.6 Å². The minimum Gasteiger partial charge on any atom is -0.481 e. The summed E-state index contributed by atoms with van der Waals surface area (Å²) in [6.07, 6.45) is -0.174. The quantitative estimate of drug-likeness (QED) is 0.837. The molecule has 0 unspecified atom stereocenters. The molecule has 3 N–H and O–H groups in total. The van der Waals surface area contributed by atoms with Crippen LogP contribution in [0.5, 0.6) is 11.5 Å². The van der Waals surface area contributed by atoms with E-state index in [1.807, 2.05) is 0 Å². The molecule has 0 heterocycles. The smallest absolute Gasteiger partial charge is 0.307 e. The van der Waals surface area contributed by atoms with Crippen LogP contribution in [0.15, 0.2) is 36.4 Å². The number of rotatable bonds is 4. The van der Waals surface area contributed by atoms with Crippen molar-refractivity contribution in [3.05, 3.63) is 52.0 Å². The van der Waals surface area contributed by atoms with Crippen LogP contribution >= 0.6 is 23.2 Å². The van der Waals surface area contributed by atoms with E-state index in [9.17, 15) is 4.79 Å². The zero-order chi connectivity index (χ0) is 14.7. The summed E-state index contributed by atoms with van der Waals surface area (Å²) in [7, 11) is 0. The fraction of sp³-hybridized carbons (Fsp3) is 0.0714. The zero-order valence-electron chi connectivity index (χ0n) is 10.3. The first kappa shape index (κ1) is 14.5. The van der Waals surface area contributed by atoms with E-state index in [0.717, 1.165) is 0 Å². The Labute approximate surface area is 125 Å². The molecule has 0 aliphatic carbocycles. The predicted octanol–water partition coefficient (Wildman–Crippen LogP) is 4.00. The summed E-state index contributed by atoms with van der Waals surface area (Å²) in [5, 5.41) is 9.46. The van der Waals surface area contributed by atoms with Crippen molar-refractivity contribution in [1.29, 1.82) is 0 Å². The second kappa shape index (κ2) is 6.03. The molecule has 0 aliphatic rings. The van der Waals surface area contributed by atoms with E-state index in [4.69, 9.17) is 38.8 Å². The number of aliphatic carboxylic acids is 1. The predicted molar refractivity (Wildman–Crippen MR) is 78.7 cm³/mol. The highest BCUT2D eigenvalue weighted by Gasteiger charge is 2.12. The first-order valence-electron chi connectivity index (χ1n) is 5.70. The Hall–Kier alpha value is -1.91. The molecule has 0 radical (unpaired) electrons. The molecule has 0 bridgehead atoms. The topological polar surface area (TPSA) is 72.6 Å². The monoisotopic (exact) mass is 311 g/mol. The molecule has 2 aromatic carbocycles. The Morgan fingerprint density at radius 1 is 1.15 bits per heavy atom. The van der Waals surface area contributed by atoms with Crippen LogP contribution < -0.4 is 10.5 Å². The van der Waals surface area contributed by atoms with Crippen molar-refractivity contribution >= 4 is 34.9 Å². The van der Waals surface area contributed by atoms with Gasteiger partial charge in [-0.15, -0.1) is 0 Å². The van der Waals surface area contributed by atoms with Crippen LogP contribution in [-0.2, 0) is 11.2 Å². The number of carboxylic acid groups (broad SMARTS) is 1. The summed E-state index contributed by atoms with van der Waals surface area (Å²) in [5.74, 6) is -0.263. The minimum absolute atomic E-state index is 0.174. The van der Waals surface area contributed by atoms with Gasteiger partial charge in [0, 0.05) is 0 Å². The van der Waals surface area contributed by atoms with Crippen molar-refractivity contribution in [2.75, 3.05) is 5.73 Å². The number of hydrogen-bond donors (Lipinski definition) is 2. The molecule has 0 aliphatic heterocycles. The molecule has 6 heteroatoms. The third-order valence-electron chi connectivity index (χ3n) is 2.63. The van der Waals surface area contributed by atoms with Gasteiger partial charge in [-0.25, -0.2) is 0 Å². The molecule has 0 saturated heterocycles. The average Bonchev–Trinajstić information content (AvgIpc) is 2.39. The van der Waals surface area contributed by atoms with Crippen LogP contribution in [0.4, 0.5) is 5.69 Å². The molecule has 0 atom stereocenters. The number of anilines is 1. The Morgan fingerprint density at radius 2 is 1.80 bits per heavy atom. The maximum absolute atomic E-state index is 10.8. The van der Waals surface area contributed by atoms with Crippen molar-refractivity contribution < 1.29 is 14.6 Å². The third kappa shape index (κ3) is 3.15. The molecular weight excluding hydrogens is 301 g/mol. The van der Waals surface area contributed by atoms with Gasteiger partial charge in [-0.05, 0) is 23.8 Å². The van der Waals surface area contributed by atoms with Crippen LogP contribution in [0.2, 0.25) is 10.0 Å². The van der Waals surface area contributed by atoms with E-state index in [-0.39, 0.29) is 17.1 Å². The van der Waals surface area contributed by atoms with Crippen molar-refractivity contribution in [2.45, 2.75) is 6.42 Å². The van der Waals surface area contributed by atoms with Gasteiger partial charge in [-0.3, -0.25) is 4.79 Å². The number of nitrogen functional groups attached to an aromatic ring is 1. The highest BCUT2D eigenvalue weighted by molar-refractivity contribution is 6.42. The largest absolute Gasteiger partial charge is 0.481 e. The molecule has 0 aromatic heterocycles. The lowest BCUT2D eigenvalue weighted by atomic mass is 10.1. The molecule has 2 aromatic rings. The lowest BCUT2D eigenvalue weighted by molar-refractivity contribution is -0.136. The number of hydrogen-bond acceptors (Lipinski definition) is 3. The molecule has 20 heavy (non-hydrogen) atoms. The number of benzene rings is 2. The number of ether oxygens (including phenoxy) is 1. The molecule has 0 spiro atoms. The van der Waals surface area contributed by atoms with Gasteiger partial charge in [0.05, 0.1) is 17.1 Å². The van der Waals surface area contributed by atoms with Gasteiger partial charge in [-0.2, -0.15) is 0 Å². The van der Waals surface area contributed by atoms with Crippen molar-refractivity contribution in [3.63, 3.8) is 0 Å². The number of carboxylic acids is 1. The number of halogens is 2. The van der Waals surface area contributed by atoms with Crippen LogP contribution in [-0.4, -0.2) is 11.1 Å². The second-order valence-corrected chi connectivity index (χ2v) is 4.84. The summed E-state index contributed by atoms with van der Waals surface area (Å²) >= 11 is 11.9. The maximum atomic E-state index is 10.8.